The number of hydrogen-bond donors (Lipinski definition) is 3. The Bertz CT molecular complexity index is 1510. The number of benzene rings is 2. The Hall–Kier alpha value is -4.14. The third-order valence-electron chi connectivity index (χ3n) is 7.76. The van der Waals surface area contributed by atoms with Gasteiger partial charge in [-0.05, 0) is 61.2 Å². The zero-order valence-corrected chi connectivity index (χ0v) is 19.6. The second-order valence-corrected chi connectivity index (χ2v) is 9.61. The van der Waals surface area contributed by atoms with E-state index >= 15 is 0 Å². The van der Waals surface area contributed by atoms with Crippen molar-refractivity contribution in [2.75, 3.05) is 35.7 Å². The highest BCUT2D eigenvalue weighted by molar-refractivity contribution is 6.10. The summed E-state index contributed by atoms with van der Waals surface area (Å²) in [6, 6.07) is 12.1. The van der Waals surface area contributed by atoms with E-state index in [1.165, 1.54) is 6.42 Å². The van der Waals surface area contributed by atoms with Gasteiger partial charge in [-0.1, -0.05) is 6.07 Å². The zero-order chi connectivity index (χ0) is 23.7. The lowest BCUT2D eigenvalue weighted by atomic mass is 9.91. The molecule has 3 aliphatic rings. The number of anilines is 4. The Morgan fingerprint density at radius 1 is 1.14 bits per heavy atom. The summed E-state index contributed by atoms with van der Waals surface area (Å²) in [7, 11) is 1.65. The molecule has 4 heterocycles. The SMILES string of the molecule is COc1ccc2c(c1)[C@]1(C[C@H]1c1ccc3c(Nc4ncnc(N5CCC5)c4C)n[nH]c3c1)C(=O)N2. The number of carbonyl (C=O) groups is 1. The van der Waals surface area contributed by atoms with Crippen LogP contribution in [0.2, 0.25) is 0 Å². The van der Waals surface area contributed by atoms with Crippen LogP contribution in [0.25, 0.3) is 10.9 Å². The minimum absolute atomic E-state index is 0.0649. The van der Waals surface area contributed by atoms with Gasteiger partial charge in [0.05, 0.1) is 18.0 Å². The van der Waals surface area contributed by atoms with Gasteiger partial charge in [-0.3, -0.25) is 9.89 Å². The highest BCUT2D eigenvalue weighted by Crippen LogP contribution is 2.65. The number of fused-ring (bicyclic) bond motifs is 3. The molecule has 3 N–H and O–H groups in total. The lowest BCUT2D eigenvalue weighted by Crippen LogP contribution is -2.38. The predicted octanol–water partition coefficient (Wildman–Crippen LogP) is 4.00. The molecule has 1 aliphatic carbocycles. The second-order valence-electron chi connectivity index (χ2n) is 9.61. The summed E-state index contributed by atoms with van der Waals surface area (Å²) in [5.74, 6) is 3.40. The van der Waals surface area contributed by atoms with Crippen LogP contribution in [-0.4, -0.2) is 46.3 Å². The predicted molar refractivity (Wildman–Crippen MR) is 134 cm³/mol. The lowest BCUT2D eigenvalue weighted by Gasteiger charge is -2.33. The summed E-state index contributed by atoms with van der Waals surface area (Å²) in [4.78, 5) is 24.2. The summed E-state index contributed by atoms with van der Waals surface area (Å²) in [6.07, 6.45) is 3.58. The van der Waals surface area contributed by atoms with Gasteiger partial charge in [0, 0.05) is 35.6 Å². The van der Waals surface area contributed by atoms with Crippen LogP contribution in [0.5, 0.6) is 5.75 Å². The third kappa shape index (κ3) is 2.87. The molecule has 1 spiro atoms. The highest BCUT2D eigenvalue weighted by Gasteiger charge is 2.65. The standard InChI is InChI=1S/C26H25N7O2/c1-14-22(27-13-28-24(14)33-8-3-9-33)30-23-17-6-4-15(10-21(17)31-32-23)19-12-26(19)18-11-16(35-2)5-7-20(18)29-25(26)34/h4-7,10-11,13,19H,3,8-9,12H2,1-2H3,(H,29,34)(H2,27,28,30,31,32)/t19-,26-/m0/s1. The van der Waals surface area contributed by atoms with Gasteiger partial charge in [-0.15, -0.1) is 0 Å². The van der Waals surface area contributed by atoms with Gasteiger partial charge in [0.1, 0.15) is 23.7 Å². The van der Waals surface area contributed by atoms with Gasteiger partial charge in [-0.25, -0.2) is 9.97 Å². The lowest BCUT2D eigenvalue weighted by molar-refractivity contribution is -0.118. The largest absolute Gasteiger partial charge is 0.497 e. The van der Waals surface area contributed by atoms with E-state index in [9.17, 15) is 4.79 Å². The maximum atomic E-state index is 13.0. The van der Waals surface area contributed by atoms with Crippen molar-refractivity contribution in [3.05, 3.63) is 59.4 Å². The number of ether oxygens (including phenoxy) is 1. The number of aromatic nitrogens is 4. The summed E-state index contributed by atoms with van der Waals surface area (Å²) >= 11 is 0. The quantitative estimate of drug-likeness (QED) is 0.407. The van der Waals surface area contributed by atoms with E-state index in [0.29, 0.717) is 0 Å². The summed E-state index contributed by atoms with van der Waals surface area (Å²) < 4.78 is 5.41. The Balaban J connectivity index is 1.19. The highest BCUT2D eigenvalue weighted by atomic mass is 16.5. The molecule has 35 heavy (non-hydrogen) atoms. The van der Waals surface area contributed by atoms with E-state index in [4.69, 9.17) is 4.74 Å². The van der Waals surface area contributed by atoms with Crippen LogP contribution < -0.4 is 20.3 Å². The smallest absolute Gasteiger partial charge is 0.235 e. The van der Waals surface area contributed by atoms with Crippen molar-refractivity contribution in [3.8, 4) is 5.75 Å². The van der Waals surface area contributed by atoms with E-state index < -0.39 is 5.41 Å². The third-order valence-corrected chi connectivity index (χ3v) is 7.76. The van der Waals surface area contributed by atoms with Crippen molar-refractivity contribution in [2.24, 2.45) is 0 Å². The van der Waals surface area contributed by atoms with Crippen LogP contribution in [0, 0.1) is 6.92 Å². The number of hydrogen-bond acceptors (Lipinski definition) is 7. The van der Waals surface area contributed by atoms with Crippen molar-refractivity contribution in [2.45, 2.75) is 31.1 Å². The van der Waals surface area contributed by atoms with Gasteiger partial charge in [0.2, 0.25) is 5.91 Å². The Morgan fingerprint density at radius 3 is 2.83 bits per heavy atom. The van der Waals surface area contributed by atoms with Crippen molar-refractivity contribution in [1.29, 1.82) is 0 Å². The first-order chi connectivity index (χ1) is 17.1. The number of nitrogens with zero attached hydrogens (tertiary/aromatic N) is 4. The molecular formula is C26H25N7O2. The fourth-order valence-electron chi connectivity index (χ4n) is 5.57. The van der Waals surface area contributed by atoms with E-state index in [2.05, 4.69) is 53.9 Å². The zero-order valence-electron chi connectivity index (χ0n) is 19.6. The van der Waals surface area contributed by atoms with Crippen LogP contribution in [0.3, 0.4) is 0 Å². The average molecular weight is 468 g/mol. The van der Waals surface area contributed by atoms with Gasteiger partial charge in [0.15, 0.2) is 5.82 Å². The van der Waals surface area contributed by atoms with E-state index in [1.54, 1.807) is 13.4 Å². The van der Waals surface area contributed by atoms with Gasteiger partial charge in [0.25, 0.3) is 0 Å². The van der Waals surface area contributed by atoms with Gasteiger partial charge >= 0.3 is 0 Å². The number of H-pyrrole nitrogens is 1. The molecule has 176 valence electrons. The molecule has 2 fully saturated rings. The number of methoxy groups -OCH3 is 1. The molecule has 2 aliphatic heterocycles. The van der Waals surface area contributed by atoms with Crippen LogP contribution in [0.15, 0.2) is 42.7 Å². The fraction of sp³-hybridized carbons (Fsp3) is 0.308. The summed E-state index contributed by atoms with van der Waals surface area (Å²) in [6.45, 7) is 4.10. The van der Waals surface area contributed by atoms with Crippen LogP contribution in [0.1, 0.15) is 35.4 Å². The van der Waals surface area contributed by atoms with E-state index in [-0.39, 0.29) is 11.8 Å². The minimum Gasteiger partial charge on any atom is -0.497 e. The second kappa shape index (κ2) is 7.18. The van der Waals surface area contributed by atoms with E-state index in [1.807, 2.05) is 25.1 Å². The van der Waals surface area contributed by atoms with Crippen molar-refractivity contribution in [3.63, 3.8) is 0 Å². The molecule has 0 bridgehead atoms. The first kappa shape index (κ1) is 20.3. The maximum Gasteiger partial charge on any atom is 0.235 e. The van der Waals surface area contributed by atoms with Crippen LogP contribution in [-0.2, 0) is 10.2 Å². The molecule has 4 aromatic rings. The Labute approximate surface area is 201 Å². The number of carbonyl (C=O) groups excluding carboxylic acids is 1. The topological polar surface area (TPSA) is 108 Å². The molecule has 1 amide bonds. The molecule has 1 saturated carbocycles. The van der Waals surface area contributed by atoms with Crippen LogP contribution in [0.4, 0.5) is 23.1 Å². The summed E-state index contributed by atoms with van der Waals surface area (Å²) in [5.41, 5.74) is 4.44. The molecule has 2 aromatic heterocycles. The van der Waals surface area contributed by atoms with Crippen molar-refractivity contribution < 1.29 is 9.53 Å². The van der Waals surface area contributed by atoms with Gasteiger partial charge < -0.3 is 20.3 Å². The first-order valence-electron chi connectivity index (χ1n) is 11.9. The number of aromatic amines is 1. The first-order valence-corrected chi connectivity index (χ1v) is 11.9. The molecule has 1 saturated heterocycles. The average Bonchev–Trinajstić information content (AvgIpc) is 3.39. The monoisotopic (exact) mass is 467 g/mol. The summed E-state index contributed by atoms with van der Waals surface area (Å²) in [5, 5.41) is 15.1. The number of nitrogens with one attached hydrogen (secondary N) is 3. The molecule has 0 radical (unpaired) electrons. The minimum atomic E-state index is -0.524. The molecule has 2 aromatic carbocycles. The maximum absolute atomic E-state index is 13.0. The van der Waals surface area contributed by atoms with Crippen molar-refractivity contribution >= 4 is 40.0 Å². The molecule has 9 nitrogen and oxygen atoms in total. The molecule has 7 rings (SSSR count). The molecule has 9 heteroatoms. The Kier molecular flexibility index (Phi) is 4.15. The molecule has 0 unspecified atom stereocenters. The normalized spacial score (nSPS) is 22.2. The van der Waals surface area contributed by atoms with Crippen LogP contribution >= 0.6 is 0 Å². The fourth-order valence-corrected chi connectivity index (χ4v) is 5.57. The number of rotatable bonds is 5. The molecular weight excluding hydrogens is 442 g/mol. The molecule has 2 atom stereocenters. The number of amides is 1. The van der Waals surface area contributed by atoms with E-state index in [0.717, 1.165) is 76.0 Å². The Morgan fingerprint density at radius 2 is 2.03 bits per heavy atom. The van der Waals surface area contributed by atoms with Gasteiger partial charge in [-0.2, -0.15) is 5.10 Å². The van der Waals surface area contributed by atoms with Crippen molar-refractivity contribution in [1.82, 2.24) is 20.2 Å².